The van der Waals surface area contributed by atoms with Crippen LogP contribution < -0.4 is 15.0 Å². The number of anilines is 2. The topological polar surface area (TPSA) is 58.6 Å². The van der Waals surface area contributed by atoms with Crippen molar-refractivity contribution in [2.45, 2.75) is 11.8 Å². The molecule has 0 saturated carbocycles. The lowest BCUT2D eigenvalue weighted by atomic mass is 10.2. The monoisotopic (exact) mass is 512 g/mol. The lowest BCUT2D eigenvalue weighted by molar-refractivity contribution is -0.120. The number of hydrogen-bond acceptors (Lipinski definition) is 5. The molecule has 0 aromatic heterocycles. The molecule has 4 aromatic rings. The Labute approximate surface area is 218 Å². The number of amides is 2. The Kier molecular flexibility index (Phi) is 6.80. The van der Waals surface area contributed by atoms with E-state index < -0.39 is 11.8 Å². The van der Waals surface area contributed by atoms with Gasteiger partial charge in [-0.15, -0.1) is 0 Å². The van der Waals surface area contributed by atoms with E-state index in [2.05, 4.69) is 5.32 Å². The van der Waals surface area contributed by atoms with Crippen molar-refractivity contribution in [3.05, 3.63) is 124 Å². The summed E-state index contributed by atoms with van der Waals surface area (Å²) in [6.07, 6.45) is 0. The molecule has 7 heteroatoms. The van der Waals surface area contributed by atoms with Gasteiger partial charge < -0.3 is 10.1 Å². The van der Waals surface area contributed by atoms with Gasteiger partial charge in [0.05, 0.1) is 5.69 Å². The second kappa shape index (κ2) is 10.3. The highest BCUT2D eigenvalue weighted by atomic mass is 35.5. The normalized spacial score (nSPS) is 13.3. The minimum atomic E-state index is -0.422. The van der Waals surface area contributed by atoms with Crippen molar-refractivity contribution in [1.82, 2.24) is 0 Å². The van der Waals surface area contributed by atoms with Gasteiger partial charge in [-0.2, -0.15) is 0 Å². The molecular weight excluding hydrogens is 492 g/mol. The van der Waals surface area contributed by atoms with Gasteiger partial charge in [-0.1, -0.05) is 59.3 Å². The van der Waals surface area contributed by atoms with Crippen molar-refractivity contribution < 1.29 is 14.3 Å². The first kappa shape index (κ1) is 23.7. The maximum absolute atomic E-state index is 13.5. The number of nitrogens with one attached hydrogen (secondary N) is 1. The van der Waals surface area contributed by atoms with Crippen LogP contribution in [0.25, 0.3) is 0 Å². The van der Waals surface area contributed by atoms with Gasteiger partial charge in [0.2, 0.25) is 0 Å². The van der Waals surface area contributed by atoms with Gasteiger partial charge in [0.15, 0.2) is 0 Å². The van der Waals surface area contributed by atoms with E-state index in [-0.39, 0.29) is 5.70 Å². The second-order valence-corrected chi connectivity index (χ2v) is 9.63. The van der Waals surface area contributed by atoms with E-state index in [1.807, 2.05) is 73.7 Å². The average Bonchev–Trinajstić information content (AvgIpc) is 3.12. The Morgan fingerprint density at radius 3 is 2.06 bits per heavy atom. The van der Waals surface area contributed by atoms with Gasteiger partial charge in [0.25, 0.3) is 11.8 Å². The summed E-state index contributed by atoms with van der Waals surface area (Å²) in [6.45, 7) is 1.99. The summed E-state index contributed by atoms with van der Waals surface area (Å²) in [5, 5.41) is 3.77. The molecule has 0 saturated heterocycles. The molecule has 0 radical (unpaired) electrons. The van der Waals surface area contributed by atoms with E-state index in [4.69, 9.17) is 16.3 Å². The number of nitrogens with zero attached hydrogens (tertiary/aromatic N) is 1. The Morgan fingerprint density at radius 2 is 1.39 bits per heavy atom. The van der Waals surface area contributed by atoms with Crippen LogP contribution >= 0.6 is 23.4 Å². The Bertz CT molecular complexity index is 1370. The summed E-state index contributed by atoms with van der Waals surface area (Å²) in [5.41, 5.74) is 2.51. The molecule has 178 valence electrons. The van der Waals surface area contributed by atoms with E-state index in [0.717, 1.165) is 16.1 Å². The minimum Gasteiger partial charge on any atom is -0.457 e. The van der Waals surface area contributed by atoms with Crippen molar-refractivity contribution in [1.29, 1.82) is 0 Å². The zero-order chi connectivity index (χ0) is 25.1. The highest BCUT2D eigenvalue weighted by Crippen LogP contribution is 2.38. The number of benzene rings is 4. The van der Waals surface area contributed by atoms with Crippen LogP contribution in [0.4, 0.5) is 11.4 Å². The molecule has 1 heterocycles. The van der Waals surface area contributed by atoms with E-state index >= 15 is 0 Å². The Morgan fingerprint density at radius 1 is 0.750 bits per heavy atom. The van der Waals surface area contributed by atoms with Crippen LogP contribution in [-0.4, -0.2) is 11.8 Å². The minimum absolute atomic E-state index is 0.230. The number of thioether (sulfide) groups is 1. The summed E-state index contributed by atoms with van der Waals surface area (Å²) in [7, 11) is 0. The molecule has 0 atom stereocenters. The molecule has 0 bridgehead atoms. The SMILES string of the molecule is Cc1ccc(NC2=C(Sc3ccc(Cl)cc3)C(=O)N(c3ccc(Oc4ccccc4)cc3)C2=O)cc1. The maximum Gasteiger partial charge on any atom is 0.283 e. The van der Waals surface area contributed by atoms with Crippen molar-refractivity contribution >= 4 is 46.6 Å². The molecule has 0 fully saturated rings. The molecule has 2 amide bonds. The average molecular weight is 513 g/mol. The third-order valence-electron chi connectivity index (χ3n) is 5.47. The van der Waals surface area contributed by atoms with Crippen LogP contribution in [0, 0.1) is 6.92 Å². The molecule has 5 rings (SSSR count). The van der Waals surface area contributed by atoms with Gasteiger partial charge in [-0.25, -0.2) is 4.90 Å². The first-order valence-corrected chi connectivity index (χ1v) is 12.4. The van der Waals surface area contributed by atoms with Gasteiger partial charge in [0.1, 0.15) is 22.1 Å². The molecule has 4 aromatic carbocycles. The third kappa shape index (κ3) is 5.15. The zero-order valence-corrected chi connectivity index (χ0v) is 20.8. The highest BCUT2D eigenvalue weighted by Gasteiger charge is 2.40. The lowest BCUT2D eigenvalue weighted by Crippen LogP contribution is -2.32. The molecule has 0 aliphatic carbocycles. The second-order valence-electron chi connectivity index (χ2n) is 8.11. The number of hydrogen-bond donors (Lipinski definition) is 1. The van der Waals surface area contributed by atoms with Crippen LogP contribution in [0.5, 0.6) is 11.5 Å². The maximum atomic E-state index is 13.5. The van der Waals surface area contributed by atoms with Crippen molar-refractivity contribution in [2.75, 3.05) is 10.2 Å². The first-order chi connectivity index (χ1) is 17.5. The standard InChI is InChI=1S/C29H21ClN2O3S/c1-19-7-11-21(12-8-19)31-26-27(36-25-17-9-20(30)10-18-25)29(34)32(28(26)33)22-13-15-24(16-14-22)35-23-5-3-2-4-6-23/h2-18,31H,1H3. The van der Waals surface area contributed by atoms with E-state index in [1.54, 1.807) is 36.4 Å². The molecule has 1 aliphatic rings. The van der Waals surface area contributed by atoms with Crippen LogP contribution in [0.15, 0.2) is 119 Å². The number of rotatable bonds is 7. The Hall–Kier alpha value is -4.00. The first-order valence-electron chi connectivity index (χ1n) is 11.2. The van der Waals surface area contributed by atoms with Crippen LogP contribution in [0.2, 0.25) is 5.02 Å². The van der Waals surface area contributed by atoms with Crippen LogP contribution in [0.1, 0.15) is 5.56 Å². The number of carbonyl (C=O) groups is 2. The fourth-order valence-electron chi connectivity index (χ4n) is 3.64. The van der Waals surface area contributed by atoms with Crippen molar-refractivity contribution in [3.63, 3.8) is 0 Å². The van der Waals surface area contributed by atoms with Crippen LogP contribution in [0.3, 0.4) is 0 Å². The summed E-state index contributed by atoms with van der Waals surface area (Å²) in [4.78, 5) is 29.4. The van der Waals surface area contributed by atoms with Gasteiger partial charge in [-0.05, 0) is 79.7 Å². The largest absolute Gasteiger partial charge is 0.457 e. The number of ether oxygens (including phenoxy) is 1. The molecule has 5 nitrogen and oxygen atoms in total. The number of carbonyl (C=O) groups excluding carboxylic acids is 2. The molecule has 1 aliphatic heterocycles. The Balaban J connectivity index is 1.44. The number of imide groups is 1. The molecule has 1 N–H and O–H groups in total. The number of halogens is 1. The van der Waals surface area contributed by atoms with E-state index in [1.165, 1.54) is 16.7 Å². The number of para-hydroxylation sites is 1. The summed E-state index contributed by atoms with van der Waals surface area (Å²) < 4.78 is 5.84. The van der Waals surface area contributed by atoms with E-state index in [0.29, 0.717) is 27.1 Å². The quantitative estimate of drug-likeness (QED) is 0.261. The smallest absolute Gasteiger partial charge is 0.283 e. The van der Waals surface area contributed by atoms with Gasteiger partial charge in [0, 0.05) is 15.6 Å². The zero-order valence-electron chi connectivity index (χ0n) is 19.3. The fraction of sp³-hybridized carbons (Fsp3) is 0.0345. The number of aryl methyl sites for hydroxylation is 1. The highest BCUT2D eigenvalue weighted by molar-refractivity contribution is 8.04. The lowest BCUT2D eigenvalue weighted by Gasteiger charge is -2.16. The molecule has 0 unspecified atom stereocenters. The fourth-order valence-corrected chi connectivity index (χ4v) is 4.69. The van der Waals surface area contributed by atoms with Gasteiger partial charge >= 0.3 is 0 Å². The predicted octanol–water partition coefficient (Wildman–Crippen LogP) is 7.43. The van der Waals surface area contributed by atoms with Gasteiger partial charge in [-0.3, -0.25) is 9.59 Å². The van der Waals surface area contributed by atoms with Crippen LogP contribution in [-0.2, 0) is 9.59 Å². The van der Waals surface area contributed by atoms with Crippen molar-refractivity contribution in [2.24, 2.45) is 0 Å². The predicted molar refractivity (Wildman–Crippen MR) is 145 cm³/mol. The summed E-state index contributed by atoms with van der Waals surface area (Å²) in [6, 6.07) is 31.1. The van der Waals surface area contributed by atoms with Crippen molar-refractivity contribution in [3.8, 4) is 11.5 Å². The molecule has 0 spiro atoms. The third-order valence-corrected chi connectivity index (χ3v) is 6.81. The molecule has 36 heavy (non-hydrogen) atoms. The summed E-state index contributed by atoms with van der Waals surface area (Å²) in [5.74, 6) is 0.484. The summed E-state index contributed by atoms with van der Waals surface area (Å²) >= 11 is 7.25. The molecular formula is C29H21ClN2O3S. The van der Waals surface area contributed by atoms with E-state index in [9.17, 15) is 9.59 Å².